The number of carbonyl (C=O) groups excluding carboxylic acids is 1. The lowest BCUT2D eigenvalue weighted by Gasteiger charge is -2.10. The topological polar surface area (TPSA) is 75.6 Å². The summed E-state index contributed by atoms with van der Waals surface area (Å²) in [5, 5.41) is 11.5. The molecule has 2 N–H and O–H groups in total. The summed E-state index contributed by atoms with van der Waals surface area (Å²) >= 11 is 3.16. The van der Waals surface area contributed by atoms with Crippen molar-refractivity contribution in [2.75, 3.05) is 5.32 Å². The molecule has 0 aromatic heterocycles. The molecule has 0 spiro atoms. The highest BCUT2D eigenvalue weighted by atomic mass is 79.9. The van der Waals surface area contributed by atoms with Crippen LogP contribution < -0.4 is 5.32 Å². The molecule has 0 saturated heterocycles. The first kappa shape index (κ1) is 15.1. The fourth-order valence-corrected chi connectivity index (χ4v) is 2.20. The van der Waals surface area contributed by atoms with Gasteiger partial charge in [-0.25, -0.2) is 9.59 Å². The third-order valence-corrected chi connectivity index (χ3v) is 3.53. The number of hydrogen-bond donors (Lipinski definition) is 2. The second-order valence-electron chi connectivity index (χ2n) is 4.16. The van der Waals surface area contributed by atoms with Crippen LogP contribution in [0.3, 0.4) is 0 Å². The number of halogens is 1. The van der Waals surface area contributed by atoms with Crippen LogP contribution >= 0.6 is 15.9 Å². The molecule has 5 nitrogen and oxygen atoms in total. The molecule has 1 amide bonds. The lowest BCUT2D eigenvalue weighted by molar-refractivity contribution is 0.0695. The summed E-state index contributed by atoms with van der Waals surface area (Å²) in [4.78, 5) is 22.7. The molecule has 0 aliphatic carbocycles. The molecule has 0 saturated carbocycles. The van der Waals surface area contributed by atoms with Gasteiger partial charge in [-0.1, -0.05) is 36.4 Å². The Morgan fingerprint density at radius 2 is 1.81 bits per heavy atom. The van der Waals surface area contributed by atoms with E-state index in [1.165, 1.54) is 6.07 Å². The van der Waals surface area contributed by atoms with Crippen molar-refractivity contribution in [2.45, 2.75) is 6.61 Å². The van der Waals surface area contributed by atoms with Crippen LogP contribution in [0.15, 0.2) is 53.0 Å². The van der Waals surface area contributed by atoms with E-state index in [1.807, 2.05) is 30.3 Å². The van der Waals surface area contributed by atoms with Crippen LogP contribution in [-0.2, 0) is 11.3 Å². The average molecular weight is 350 g/mol. The maximum Gasteiger partial charge on any atom is 0.411 e. The van der Waals surface area contributed by atoms with E-state index in [0.29, 0.717) is 10.2 Å². The third kappa shape index (κ3) is 4.06. The van der Waals surface area contributed by atoms with Gasteiger partial charge in [0.1, 0.15) is 6.61 Å². The van der Waals surface area contributed by atoms with Crippen molar-refractivity contribution in [3.8, 4) is 0 Å². The van der Waals surface area contributed by atoms with Gasteiger partial charge in [0.15, 0.2) is 0 Å². The molecular formula is C15H12BrNO4. The van der Waals surface area contributed by atoms with Crippen LogP contribution in [0, 0.1) is 0 Å². The zero-order valence-electron chi connectivity index (χ0n) is 10.9. The summed E-state index contributed by atoms with van der Waals surface area (Å²) in [7, 11) is 0. The Kier molecular flexibility index (Phi) is 4.94. The number of rotatable bonds is 4. The van der Waals surface area contributed by atoms with Crippen molar-refractivity contribution in [1.82, 2.24) is 0 Å². The van der Waals surface area contributed by atoms with E-state index in [1.54, 1.807) is 12.1 Å². The van der Waals surface area contributed by atoms with E-state index in [0.717, 1.165) is 5.56 Å². The van der Waals surface area contributed by atoms with E-state index in [2.05, 4.69) is 21.2 Å². The highest BCUT2D eigenvalue weighted by Crippen LogP contribution is 2.26. The molecule has 2 rings (SSSR count). The van der Waals surface area contributed by atoms with Gasteiger partial charge in [-0.2, -0.15) is 0 Å². The lowest BCUT2D eigenvalue weighted by atomic mass is 10.2. The number of benzene rings is 2. The van der Waals surface area contributed by atoms with Gasteiger partial charge in [0.25, 0.3) is 0 Å². The predicted octanol–water partition coefficient (Wildman–Crippen LogP) is 3.90. The van der Waals surface area contributed by atoms with E-state index in [9.17, 15) is 9.59 Å². The first-order valence-corrected chi connectivity index (χ1v) is 6.86. The minimum Gasteiger partial charge on any atom is -0.478 e. The number of ether oxygens (including phenoxy) is 1. The van der Waals surface area contributed by atoms with E-state index < -0.39 is 12.1 Å². The molecule has 108 valence electrons. The smallest absolute Gasteiger partial charge is 0.411 e. The molecular weight excluding hydrogens is 338 g/mol. The van der Waals surface area contributed by atoms with Gasteiger partial charge < -0.3 is 9.84 Å². The maximum absolute atomic E-state index is 11.7. The number of carboxylic acids is 1. The molecule has 21 heavy (non-hydrogen) atoms. The average Bonchev–Trinajstić information content (AvgIpc) is 2.48. The molecule has 0 radical (unpaired) electrons. The molecule has 0 aliphatic heterocycles. The van der Waals surface area contributed by atoms with Crippen molar-refractivity contribution in [2.24, 2.45) is 0 Å². The SMILES string of the molecule is O=C(Nc1cccc(C(=O)O)c1Br)OCc1ccccc1. The predicted molar refractivity (Wildman–Crippen MR) is 81.4 cm³/mol. The van der Waals surface area contributed by atoms with E-state index in [4.69, 9.17) is 9.84 Å². The number of hydrogen-bond acceptors (Lipinski definition) is 3. The van der Waals surface area contributed by atoms with Gasteiger partial charge in [-0.3, -0.25) is 5.32 Å². The number of carboxylic acid groups (broad SMARTS) is 1. The summed E-state index contributed by atoms with van der Waals surface area (Å²) < 4.78 is 5.37. The Balaban J connectivity index is 2.00. The first-order valence-electron chi connectivity index (χ1n) is 6.07. The summed E-state index contributed by atoms with van der Waals surface area (Å²) in [6, 6.07) is 13.8. The zero-order chi connectivity index (χ0) is 15.2. The highest BCUT2D eigenvalue weighted by molar-refractivity contribution is 9.10. The third-order valence-electron chi connectivity index (χ3n) is 2.68. The Bertz CT molecular complexity index is 658. The Hall–Kier alpha value is -2.34. The van der Waals surface area contributed by atoms with Crippen molar-refractivity contribution in [3.05, 3.63) is 64.1 Å². The fraction of sp³-hybridized carbons (Fsp3) is 0.0667. The van der Waals surface area contributed by atoms with Gasteiger partial charge in [0, 0.05) is 0 Å². The van der Waals surface area contributed by atoms with Crippen molar-refractivity contribution >= 4 is 33.7 Å². The molecule has 0 aliphatic rings. The number of amides is 1. The van der Waals surface area contributed by atoms with Crippen molar-refractivity contribution < 1.29 is 19.4 Å². The van der Waals surface area contributed by atoms with Gasteiger partial charge in [0.2, 0.25) is 0 Å². The number of anilines is 1. The van der Waals surface area contributed by atoms with E-state index >= 15 is 0 Å². The van der Waals surface area contributed by atoms with Crippen molar-refractivity contribution in [1.29, 1.82) is 0 Å². The summed E-state index contributed by atoms with van der Waals surface area (Å²) in [6.45, 7) is 0.142. The Labute approximate surface area is 129 Å². The molecule has 2 aromatic carbocycles. The number of nitrogens with one attached hydrogen (secondary N) is 1. The largest absolute Gasteiger partial charge is 0.478 e. The van der Waals surface area contributed by atoms with Gasteiger partial charge >= 0.3 is 12.1 Å². The van der Waals surface area contributed by atoms with Crippen LogP contribution in [0.4, 0.5) is 10.5 Å². The quantitative estimate of drug-likeness (QED) is 0.877. The van der Waals surface area contributed by atoms with Crippen LogP contribution in [0.5, 0.6) is 0 Å². The monoisotopic (exact) mass is 349 g/mol. The number of carbonyl (C=O) groups is 2. The van der Waals surface area contributed by atoms with Crippen molar-refractivity contribution in [3.63, 3.8) is 0 Å². The lowest BCUT2D eigenvalue weighted by Crippen LogP contribution is -2.14. The Morgan fingerprint density at radius 1 is 1.10 bits per heavy atom. The van der Waals surface area contributed by atoms with E-state index in [-0.39, 0.29) is 12.2 Å². The van der Waals surface area contributed by atoms with Gasteiger partial charge in [-0.15, -0.1) is 0 Å². The van der Waals surface area contributed by atoms with Crippen LogP contribution in [0.1, 0.15) is 15.9 Å². The second-order valence-corrected chi connectivity index (χ2v) is 4.95. The summed E-state index contributed by atoms with van der Waals surface area (Å²) in [6.07, 6.45) is -0.651. The Morgan fingerprint density at radius 3 is 2.48 bits per heavy atom. The molecule has 0 heterocycles. The standard InChI is InChI=1S/C15H12BrNO4/c16-13-11(14(18)19)7-4-8-12(13)17-15(20)21-9-10-5-2-1-3-6-10/h1-8H,9H2,(H,17,20)(H,18,19). The maximum atomic E-state index is 11.7. The molecule has 0 unspecified atom stereocenters. The molecule has 0 bridgehead atoms. The number of aromatic carboxylic acids is 1. The fourth-order valence-electron chi connectivity index (χ4n) is 1.66. The van der Waals surface area contributed by atoms with Gasteiger partial charge in [0.05, 0.1) is 15.7 Å². The normalized spacial score (nSPS) is 9.95. The summed E-state index contributed by atoms with van der Waals surface area (Å²) in [5.41, 5.74) is 1.27. The van der Waals surface area contributed by atoms with Crippen LogP contribution in [0.2, 0.25) is 0 Å². The van der Waals surface area contributed by atoms with Crippen LogP contribution in [-0.4, -0.2) is 17.2 Å². The van der Waals surface area contributed by atoms with Crippen LogP contribution in [0.25, 0.3) is 0 Å². The summed E-state index contributed by atoms with van der Waals surface area (Å²) in [5.74, 6) is -1.08. The molecule has 6 heteroatoms. The van der Waals surface area contributed by atoms with Gasteiger partial charge in [-0.05, 0) is 33.6 Å². The minimum absolute atomic E-state index is 0.0656. The second kappa shape index (κ2) is 6.90. The first-order chi connectivity index (χ1) is 10.1. The molecule has 2 aromatic rings. The molecule has 0 atom stereocenters. The zero-order valence-corrected chi connectivity index (χ0v) is 12.5. The minimum atomic E-state index is -1.08. The molecule has 0 fully saturated rings. The highest BCUT2D eigenvalue weighted by Gasteiger charge is 2.13.